The molecule has 16 heavy (non-hydrogen) atoms. The number of likely N-dealkylation sites (tertiary alicyclic amines) is 1. The quantitative estimate of drug-likeness (QED) is 0.808. The normalized spacial score (nSPS) is 38.6. The number of nitrogens with one attached hydrogen (secondary N) is 1. The molecule has 2 rings (SSSR count). The highest BCUT2D eigenvalue weighted by molar-refractivity contribution is 5.85. The monoisotopic (exact) mass is 248 g/mol. The third-order valence-electron chi connectivity index (χ3n) is 3.52. The third-order valence-corrected chi connectivity index (χ3v) is 3.52. The lowest BCUT2D eigenvalue weighted by atomic mass is 9.96. The molecule has 1 N–H and O–H groups in total. The molecule has 3 nitrogen and oxygen atoms in total. The van der Waals surface area contributed by atoms with Crippen molar-refractivity contribution in [1.29, 1.82) is 0 Å². The van der Waals surface area contributed by atoms with Gasteiger partial charge < -0.3 is 9.64 Å². The van der Waals surface area contributed by atoms with Crippen molar-refractivity contribution in [2.24, 2.45) is 5.92 Å². The standard InChI is InChI=1S/C12H24N2O.ClH/c1-11(2)9-15-12(3,13-11)7-10-5-6-14(4)8-10;/h10,13H,5-9H2,1-4H3;1H. The molecule has 0 bridgehead atoms. The minimum atomic E-state index is -0.0979. The third kappa shape index (κ3) is 3.33. The highest BCUT2D eigenvalue weighted by Crippen LogP contribution is 2.31. The number of ether oxygens (including phenoxy) is 1. The van der Waals surface area contributed by atoms with Gasteiger partial charge in [0, 0.05) is 12.1 Å². The van der Waals surface area contributed by atoms with E-state index in [0.29, 0.717) is 0 Å². The fraction of sp³-hybridized carbons (Fsp3) is 1.00. The molecule has 2 unspecified atom stereocenters. The van der Waals surface area contributed by atoms with Crippen molar-refractivity contribution < 1.29 is 4.74 Å². The fourth-order valence-electron chi connectivity index (χ4n) is 2.98. The molecule has 0 saturated carbocycles. The van der Waals surface area contributed by atoms with E-state index in [9.17, 15) is 0 Å². The summed E-state index contributed by atoms with van der Waals surface area (Å²) in [7, 11) is 2.20. The van der Waals surface area contributed by atoms with Crippen LogP contribution in [0.25, 0.3) is 0 Å². The first-order valence-electron chi connectivity index (χ1n) is 6.00. The second kappa shape index (κ2) is 4.81. The van der Waals surface area contributed by atoms with E-state index in [2.05, 4.69) is 38.0 Å². The summed E-state index contributed by atoms with van der Waals surface area (Å²) in [4.78, 5) is 2.41. The lowest BCUT2D eigenvalue weighted by Gasteiger charge is -2.29. The zero-order valence-electron chi connectivity index (χ0n) is 10.9. The first-order chi connectivity index (χ1) is 6.89. The summed E-state index contributed by atoms with van der Waals surface area (Å²) in [6.45, 7) is 9.90. The molecule has 2 aliphatic heterocycles. The van der Waals surface area contributed by atoms with Gasteiger partial charge in [-0.05, 0) is 53.1 Å². The molecule has 0 aromatic rings. The maximum atomic E-state index is 5.92. The Bertz CT molecular complexity index is 247. The second-order valence-corrected chi connectivity index (χ2v) is 6.15. The van der Waals surface area contributed by atoms with Gasteiger partial charge in [-0.15, -0.1) is 12.4 Å². The molecule has 2 saturated heterocycles. The number of halogens is 1. The first kappa shape index (κ1) is 14.2. The Morgan fingerprint density at radius 1 is 1.38 bits per heavy atom. The van der Waals surface area contributed by atoms with E-state index in [4.69, 9.17) is 4.74 Å². The molecule has 0 radical (unpaired) electrons. The minimum absolute atomic E-state index is 0. The van der Waals surface area contributed by atoms with Crippen LogP contribution in [0.1, 0.15) is 33.6 Å². The Kier molecular flexibility index (Phi) is 4.28. The molecule has 0 aromatic carbocycles. The molecule has 2 fully saturated rings. The van der Waals surface area contributed by atoms with Crippen molar-refractivity contribution in [3.8, 4) is 0 Å². The molecule has 0 aliphatic carbocycles. The summed E-state index contributed by atoms with van der Waals surface area (Å²) in [5.74, 6) is 0.793. The van der Waals surface area contributed by atoms with Gasteiger partial charge in [0.2, 0.25) is 0 Å². The maximum absolute atomic E-state index is 5.92. The van der Waals surface area contributed by atoms with Crippen LogP contribution in [0, 0.1) is 5.92 Å². The van der Waals surface area contributed by atoms with Gasteiger partial charge in [-0.2, -0.15) is 0 Å². The minimum Gasteiger partial charge on any atom is -0.359 e. The topological polar surface area (TPSA) is 24.5 Å². The van der Waals surface area contributed by atoms with Crippen molar-refractivity contribution in [1.82, 2.24) is 10.2 Å². The Morgan fingerprint density at radius 3 is 2.50 bits per heavy atom. The second-order valence-electron chi connectivity index (χ2n) is 6.15. The van der Waals surface area contributed by atoms with Gasteiger partial charge in [-0.1, -0.05) is 0 Å². The summed E-state index contributed by atoms with van der Waals surface area (Å²) in [6.07, 6.45) is 2.46. The van der Waals surface area contributed by atoms with Gasteiger partial charge in [0.05, 0.1) is 6.61 Å². The smallest absolute Gasteiger partial charge is 0.117 e. The predicted molar refractivity (Wildman–Crippen MR) is 69.0 cm³/mol. The summed E-state index contributed by atoms with van der Waals surface area (Å²) in [6, 6.07) is 0. The molecule has 0 amide bonds. The first-order valence-corrected chi connectivity index (χ1v) is 6.00. The summed E-state index contributed by atoms with van der Waals surface area (Å²) in [5.41, 5.74) is 0.0403. The molecule has 0 spiro atoms. The Labute approximate surface area is 105 Å². The van der Waals surface area contributed by atoms with Crippen molar-refractivity contribution in [2.45, 2.75) is 44.9 Å². The Morgan fingerprint density at radius 2 is 2.06 bits per heavy atom. The van der Waals surface area contributed by atoms with Crippen molar-refractivity contribution in [3.05, 3.63) is 0 Å². The van der Waals surface area contributed by atoms with Crippen molar-refractivity contribution in [3.63, 3.8) is 0 Å². The molecule has 96 valence electrons. The number of nitrogens with zero attached hydrogens (tertiary/aromatic N) is 1. The van der Waals surface area contributed by atoms with E-state index in [1.807, 2.05) is 0 Å². The zero-order chi connectivity index (χ0) is 11.1. The van der Waals surface area contributed by atoms with Crippen LogP contribution < -0.4 is 5.32 Å². The molecular weight excluding hydrogens is 224 g/mol. The Balaban J connectivity index is 0.00000128. The van der Waals surface area contributed by atoms with E-state index < -0.39 is 0 Å². The van der Waals surface area contributed by atoms with E-state index >= 15 is 0 Å². The van der Waals surface area contributed by atoms with Crippen LogP contribution >= 0.6 is 12.4 Å². The van der Waals surface area contributed by atoms with Crippen molar-refractivity contribution >= 4 is 12.4 Å². The van der Waals surface area contributed by atoms with Gasteiger partial charge in [0.1, 0.15) is 5.72 Å². The van der Waals surface area contributed by atoms with E-state index in [0.717, 1.165) is 18.9 Å². The fourth-order valence-corrected chi connectivity index (χ4v) is 2.98. The summed E-state index contributed by atoms with van der Waals surface area (Å²) in [5, 5.41) is 3.61. The van der Waals surface area contributed by atoms with Gasteiger partial charge in [0.25, 0.3) is 0 Å². The van der Waals surface area contributed by atoms with Gasteiger partial charge in [-0.3, -0.25) is 5.32 Å². The van der Waals surface area contributed by atoms with Crippen LogP contribution in [0.5, 0.6) is 0 Å². The highest BCUT2D eigenvalue weighted by atomic mass is 35.5. The molecule has 2 atom stereocenters. The average molecular weight is 249 g/mol. The maximum Gasteiger partial charge on any atom is 0.117 e. The summed E-state index contributed by atoms with van der Waals surface area (Å²) < 4.78 is 5.92. The predicted octanol–water partition coefficient (Wildman–Crippen LogP) is 1.86. The lowest BCUT2D eigenvalue weighted by Crippen LogP contribution is -2.47. The van der Waals surface area contributed by atoms with Gasteiger partial charge in [-0.25, -0.2) is 0 Å². The van der Waals surface area contributed by atoms with Crippen LogP contribution in [0.2, 0.25) is 0 Å². The van der Waals surface area contributed by atoms with E-state index in [-0.39, 0.29) is 23.7 Å². The van der Waals surface area contributed by atoms with Crippen LogP contribution in [-0.2, 0) is 4.74 Å². The SMILES string of the molecule is CN1CCC(CC2(C)NC(C)(C)CO2)C1.Cl. The molecule has 0 aromatic heterocycles. The Hall–Kier alpha value is 0.170. The van der Waals surface area contributed by atoms with E-state index in [1.54, 1.807) is 0 Å². The zero-order valence-corrected chi connectivity index (χ0v) is 11.7. The van der Waals surface area contributed by atoms with Crippen LogP contribution in [0.4, 0.5) is 0 Å². The van der Waals surface area contributed by atoms with Crippen LogP contribution in [-0.4, -0.2) is 42.9 Å². The van der Waals surface area contributed by atoms with Crippen LogP contribution in [0.15, 0.2) is 0 Å². The van der Waals surface area contributed by atoms with Gasteiger partial charge >= 0.3 is 0 Å². The number of hydrogen-bond donors (Lipinski definition) is 1. The average Bonchev–Trinajstić information content (AvgIpc) is 2.57. The molecular formula is C12H25ClN2O. The molecule has 4 heteroatoms. The molecule has 2 heterocycles. The van der Waals surface area contributed by atoms with Gasteiger partial charge in [0.15, 0.2) is 0 Å². The van der Waals surface area contributed by atoms with E-state index in [1.165, 1.54) is 19.5 Å². The van der Waals surface area contributed by atoms with Crippen molar-refractivity contribution in [2.75, 3.05) is 26.7 Å². The number of rotatable bonds is 2. The lowest BCUT2D eigenvalue weighted by molar-refractivity contribution is -0.0124. The van der Waals surface area contributed by atoms with Crippen LogP contribution in [0.3, 0.4) is 0 Å². The summed E-state index contributed by atoms with van der Waals surface area (Å²) >= 11 is 0. The molecule has 2 aliphatic rings. The number of hydrogen-bond acceptors (Lipinski definition) is 3. The highest BCUT2D eigenvalue weighted by Gasteiger charge is 2.41. The largest absolute Gasteiger partial charge is 0.359 e.